The molecule has 5 heteroatoms. The minimum absolute atomic E-state index is 0.131. The molecule has 1 rings (SSSR count). The molecule has 0 bridgehead atoms. The lowest BCUT2D eigenvalue weighted by atomic mass is 10.1. The summed E-state index contributed by atoms with van der Waals surface area (Å²) in [5, 5.41) is 18.2. The van der Waals surface area contributed by atoms with E-state index in [-0.39, 0.29) is 23.6 Å². The minimum Gasteiger partial charge on any atom is -0.505 e. The molecule has 5 nitrogen and oxygen atoms in total. The van der Waals surface area contributed by atoms with E-state index in [2.05, 4.69) is 4.98 Å². The highest BCUT2D eigenvalue weighted by Crippen LogP contribution is 2.17. The third-order valence-corrected chi connectivity index (χ3v) is 2.40. The van der Waals surface area contributed by atoms with Crippen molar-refractivity contribution in [2.24, 2.45) is 5.92 Å². The largest absolute Gasteiger partial charge is 0.505 e. The molecule has 0 aliphatic heterocycles. The molecule has 1 heterocycles. The number of carbonyl (C=O) groups is 1. The van der Waals surface area contributed by atoms with Crippen LogP contribution in [0, 0.1) is 17.2 Å². The molecule has 1 aromatic heterocycles. The third-order valence-electron chi connectivity index (χ3n) is 2.40. The normalized spacial score (nSPS) is 10.1. The lowest BCUT2D eigenvalue weighted by Gasteiger charge is -2.23. The Hall–Kier alpha value is -2.09. The van der Waals surface area contributed by atoms with Crippen molar-refractivity contribution in [2.75, 3.05) is 13.1 Å². The van der Waals surface area contributed by atoms with Crippen LogP contribution in [0.1, 0.15) is 30.6 Å². The number of nitriles is 1. The van der Waals surface area contributed by atoms with Crippen LogP contribution in [0.2, 0.25) is 0 Å². The Morgan fingerprint density at radius 3 is 2.89 bits per heavy atom. The van der Waals surface area contributed by atoms with Crippen LogP contribution < -0.4 is 0 Å². The first-order valence-corrected chi connectivity index (χ1v) is 5.85. The van der Waals surface area contributed by atoms with E-state index in [1.54, 1.807) is 4.90 Å². The Labute approximate surface area is 107 Å². The van der Waals surface area contributed by atoms with Gasteiger partial charge < -0.3 is 10.0 Å². The lowest BCUT2D eigenvalue weighted by Crippen LogP contribution is -2.35. The fourth-order valence-electron chi connectivity index (χ4n) is 1.64. The highest BCUT2D eigenvalue weighted by molar-refractivity contribution is 5.96. The van der Waals surface area contributed by atoms with Crippen LogP contribution in [0.4, 0.5) is 0 Å². The number of amides is 1. The molecule has 0 unspecified atom stereocenters. The zero-order chi connectivity index (χ0) is 13.5. The predicted molar refractivity (Wildman–Crippen MR) is 66.9 cm³/mol. The van der Waals surface area contributed by atoms with Gasteiger partial charge in [0.2, 0.25) is 0 Å². The summed E-state index contributed by atoms with van der Waals surface area (Å²) in [6, 6.07) is 3.51. The maximum Gasteiger partial charge on any atom is 0.257 e. The topological polar surface area (TPSA) is 77.2 Å². The Bertz CT molecular complexity index is 452. The first-order valence-electron chi connectivity index (χ1n) is 5.85. The van der Waals surface area contributed by atoms with Crippen LogP contribution in [-0.4, -0.2) is 34.0 Å². The van der Waals surface area contributed by atoms with E-state index in [4.69, 9.17) is 5.26 Å². The molecule has 18 heavy (non-hydrogen) atoms. The van der Waals surface area contributed by atoms with Gasteiger partial charge in [-0.05, 0) is 12.0 Å². The number of nitrogens with zero attached hydrogens (tertiary/aromatic N) is 3. The number of hydrogen-bond donors (Lipinski definition) is 1. The van der Waals surface area contributed by atoms with Gasteiger partial charge in [-0.3, -0.25) is 9.78 Å². The molecule has 96 valence electrons. The second-order valence-corrected chi connectivity index (χ2v) is 4.45. The number of rotatable bonds is 5. The van der Waals surface area contributed by atoms with Crippen molar-refractivity contribution in [1.82, 2.24) is 9.88 Å². The molecule has 1 aromatic rings. The maximum atomic E-state index is 12.2. The zero-order valence-corrected chi connectivity index (χ0v) is 10.6. The summed E-state index contributed by atoms with van der Waals surface area (Å²) >= 11 is 0. The number of hydrogen-bond acceptors (Lipinski definition) is 4. The zero-order valence-electron chi connectivity index (χ0n) is 10.6. The second-order valence-electron chi connectivity index (χ2n) is 4.45. The molecule has 0 aromatic carbocycles. The van der Waals surface area contributed by atoms with E-state index in [0.717, 1.165) is 0 Å². The monoisotopic (exact) mass is 247 g/mol. The van der Waals surface area contributed by atoms with Crippen LogP contribution in [0.15, 0.2) is 18.5 Å². The molecule has 0 atom stereocenters. The number of aromatic hydroxyl groups is 1. The van der Waals surface area contributed by atoms with Crippen LogP contribution in [0.3, 0.4) is 0 Å². The number of pyridine rings is 1. The smallest absolute Gasteiger partial charge is 0.257 e. The summed E-state index contributed by atoms with van der Waals surface area (Å²) in [7, 11) is 0. The Morgan fingerprint density at radius 1 is 1.61 bits per heavy atom. The van der Waals surface area contributed by atoms with Crippen molar-refractivity contribution >= 4 is 5.91 Å². The Balaban J connectivity index is 2.88. The van der Waals surface area contributed by atoms with Crippen LogP contribution in [0.25, 0.3) is 0 Å². The highest BCUT2D eigenvalue weighted by atomic mass is 16.3. The molecule has 0 saturated heterocycles. The Morgan fingerprint density at radius 2 is 2.33 bits per heavy atom. The third kappa shape index (κ3) is 3.74. The molecule has 0 saturated carbocycles. The fraction of sp³-hybridized carbons (Fsp3) is 0.462. The van der Waals surface area contributed by atoms with E-state index in [9.17, 15) is 9.90 Å². The first kappa shape index (κ1) is 14.0. The summed E-state index contributed by atoms with van der Waals surface area (Å²) in [5.74, 6) is -0.0938. The lowest BCUT2D eigenvalue weighted by molar-refractivity contribution is 0.0736. The van der Waals surface area contributed by atoms with Crippen molar-refractivity contribution in [2.45, 2.75) is 20.3 Å². The number of carbonyl (C=O) groups excluding carboxylic acids is 1. The van der Waals surface area contributed by atoms with Gasteiger partial charge in [0.25, 0.3) is 5.91 Å². The molecule has 0 spiro atoms. The van der Waals surface area contributed by atoms with Gasteiger partial charge in [0.1, 0.15) is 5.75 Å². The van der Waals surface area contributed by atoms with Gasteiger partial charge in [-0.25, -0.2) is 0 Å². The van der Waals surface area contributed by atoms with Crippen molar-refractivity contribution in [3.8, 4) is 11.8 Å². The van der Waals surface area contributed by atoms with Crippen molar-refractivity contribution in [1.29, 1.82) is 5.26 Å². The van der Waals surface area contributed by atoms with Gasteiger partial charge in [0.05, 0.1) is 24.3 Å². The van der Waals surface area contributed by atoms with Crippen molar-refractivity contribution < 1.29 is 9.90 Å². The molecular weight excluding hydrogens is 230 g/mol. The van der Waals surface area contributed by atoms with E-state index in [0.29, 0.717) is 19.0 Å². The summed E-state index contributed by atoms with van der Waals surface area (Å²) in [6.07, 6.45) is 2.99. The van der Waals surface area contributed by atoms with E-state index < -0.39 is 0 Å². The average Bonchev–Trinajstić information content (AvgIpc) is 2.34. The van der Waals surface area contributed by atoms with Gasteiger partial charge >= 0.3 is 0 Å². The van der Waals surface area contributed by atoms with Gasteiger partial charge in [-0.2, -0.15) is 5.26 Å². The SMILES string of the molecule is CC(C)CN(CCC#N)C(=O)c1ccncc1O. The van der Waals surface area contributed by atoms with Crippen molar-refractivity contribution in [3.63, 3.8) is 0 Å². The highest BCUT2D eigenvalue weighted by Gasteiger charge is 2.19. The van der Waals surface area contributed by atoms with Gasteiger partial charge in [0.15, 0.2) is 0 Å². The van der Waals surface area contributed by atoms with Crippen molar-refractivity contribution in [3.05, 3.63) is 24.0 Å². The summed E-state index contributed by atoms with van der Waals surface area (Å²) in [4.78, 5) is 17.6. The van der Waals surface area contributed by atoms with Crippen LogP contribution in [-0.2, 0) is 0 Å². The average molecular weight is 247 g/mol. The molecule has 0 aliphatic carbocycles. The summed E-state index contributed by atoms with van der Waals surface area (Å²) in [5.41, 5.74) is 0.226. The molecule has 0 fully saturated rings. The quantitative estimate of drug-likeness (QED) is 0.860. The van der Waals surface area contributed by atoms with Crippen LogP contribution >= 0.6 is 0 Å². The van der Waals surface area contributed by atoms with Gasteiger partial charge in [0, 0.05) is 19.3 Å². The molecule has 1 amide bonds. The summed E-state index contributed by atoms with van der Waals surface area (Å²) < 4.78 is 0. The number of aromatic nitrogens is 1. The molecule has 1 N–H and O–H groups in total. The molecular formula is C13H17N3O2. The van der Waals surface area contributed by atoms with E-state index in [1.807, 2.05) is 19.9 Å². The van der Waals surface area contributed by atoms with Gasteiger partial charge in [-0.1, -0.05) is 13.8 Å². The molecule has 0 radical (unpaired) electrons. The van der Waals surface area contributed by atoms with E-state index in [1.165, 1.54) is 18.5 Å². The van der Waals surface area contributed by atoms with E-state index >= 15 is 0 Å². The first-order chi connectivity index (χ1) is 8.56. The standard InChI is InChI=1S/C13H17N3O2/c1-10(2)9-16(7-3-5-14)13(18)11-4-6-15-8-12(11)17/h4,6,8,10,17H,3,7,9H2,1-2H3. The second kappa shape index (κ2) is 6.60. The minimum atomic E-state index is -0.265. The van der Waals surface area contributed by atoms with Gasteiger partial charge in [-0.15, -0.1) is 0 Å². The maximum absolute atomic E-state index is 12.2. The fourth-order valence-corrected chi connectivity index (χ4v) is 1.64. The van der Waals surface area contributed by atoms with Crippen LogP contribution in [0.5, 0.6) is 5.75 Å². The predicted octanol–water partition coefficient (Wildman–Crippen LogP) is 1.80. The Kier molecular flexibility index (Phi) is 5.12. The summed E-state index contributed by atoms with van der Waals surface area (Å²) in [6.45, 7) is 4.93. The molecule has 0 aliphatic rings.